The molecular formula is C21H21ClO6S. The predicted molar refractivity (Wildman–Crippen MR) is 107 cm³/mol. The van der Waals surface area contributed by atoms with Crippen LogP contribution in [0.4, 0.5) is 0 Å². The number of esters is 2. The number of rotatable bonds is 7. The predicted octanol–water partition coefficient (Wildman–Crippen LogP) is 3.39. The van der Waals surface area contributed by atoms with Crippen LogP contribution >= 0.6 is 11.6 Å². The molecule has 3 rings (SSSR count). The Balaban J connectivity index is 2.18. The Morgan fingerprint density at radius 1 is 0.931 bits per heavy atom. The van der Waals surface area contributed by atoms with Gasteiger partial charge in [0.1, 0.15) is 5.25 Å². The summed E-state index contributed by atoms with van der Waals surface area (Å²) in [5.41, 5.74) is -1.40. The number of hydrogen-bond acceptors (Lipinski definition) is 6. The zero-order valence-electron chi connectivity index (χ0n) is 16.0. The lowest BCUT2D eigenvalue weighted by Crippen LogP contribution is -2.35. The topological polar surface area (TPSA) is 86.7 Å². The van der Waals surface area contributed by atoms with Crippen molar-refractivity contribution in [1.29, 1.82) is 0 Å². The number of sulfone groups is 1. The summed E-state index contributed by atoms with van der Waals surface area (Å²) in [5, 5.41) is -0.960. The molecule has 154 valence electrons. The molecule has 0 amide bonds. The van der Waals surface area contributed by atoms with Gasteiger partial charge in [-0.15, -0.1) is 0 Å². The van der Waals surface area contributed by atoms with Gasteiger partial charge in [0.2, 0.25) is 0 Å². The molecule has 1 aliphatic carbocycles. The third-order valence-corrected chi connectivity index (χ3v) is 7.49. The van der Waals surface area contributed by atoms with Crippen LogP contribution in [-0.4, -0.2) is 38.8 Å². The van der Waals surface area contributed by atoms with Crippen LogP contribution in [0.2, 0.25) is 5.02 Å². The second kappa shape index (κ2) is 8.16. The number of benzene rings is 2. The molecule has 29 heavy (non-hydrogen) atoms. The van der Waals surface area contributed by atoms with Crippen LogP contribution in [-0.2, 0) is 28.9 Å². The number of hydrogen-bond donors (Lipinski definition) is 0. The Kier molecular flexibility index (Phi) is 6.00. The molecule has 1 aliphatic rings. The molecule has 2 atom stereocenters. The SMILES string of the molecule is CCOC(=O)C1(C(=O)OCC)[C@H](S(=O)(=O)c2ccc(Cl)cc2)[C@@H]1c1ccccc1. The number of ether oxygens (including phenoxy) is 2. The van der Waals surface area contributed by atoms with E-state index in [9.17, 15) is 18.0 Å². The fourth-order valence-corrected chi connectivity index (χ4v) is 6.13. The third kappa shape index (κ3) is 3.53. The number of halogens is 1. The van der Waals surface area contributed by atoms with Crippen molar-refractivity contribution in [2.24, 2.45) is 5.41 Å². The zero-order chi connectivity index (χ0) is 21.2. The molecule has 0 saturated heterocycles. The Morgan fingerprint density at radius 2 is 1.45 bits per heavy atom. The Hall–Kier alpha value is -2.38. The van der Waals surface area contributed by atoms with Gasteiger partial charge in [0.05, 0.1) is 18.1 Å². The van der Waals surface area contributed by atoms with Crippen LogP contribution in [0.15, 0.2) is 59.5 Å². The van der Waals surface area contributed by atoms with Gasteiger partial charge >= 0.3 is 11.9 Å². The standard InChI is InChI=1S/C21H21ClO6S/c1-3-27-19(23)21(20(24)28-4-2)17(14-8-6-5-7-9-14)18(21)29(25,26)16-12-10-15(22)11-13-16/h5-13,17-18H,3-4H2,1-2H3/t17-,18+/m0/s1. The zero-order valence-corrected chi connectivity index (χ0v) is 17.6. The van der Waals surface area contributed by atoms with Crippen LogP contribution < -0.4 is 0 Å². The monoisotopic (exact) mass is 436 g/mol. The minimum atomic E-state index is -4.07. The first-order valence-electron chi connectivity index (χ1n) is 9.20. The summed E-state index contributed by atoms with van der Waals surface area (Å²) < 4.78 is 37.2. The van der Waals surface area contributed by atoms with E-state index in [1.54, 1.807) is 44.2 Å². The lowest BCUT2D eigenvalue weighted by Gasteiger charge is -2.15. The summed E-state index contributed by atoms with van der Waals surface area (Å²) >= 11 is 5.88. The van der Waals surface area contributed by atoms with Crippen molar-refractivity contribution in [3.8, 4) is 0 Å². The van der Waals surface area contributed by atoms with Crippen LogP contribution in [0.1, 0.15) is 25.3 Å². The molecule has 1 fully saturated rings. The maximum atomic E-state index is 13.5. The maximum absolute atomic E-state index is 13.5. The molecule has 6 nitrogen and oxygen atoms in total. The van der Waals surface area contributed by atoms with Crippen LogP contribution in [0.25, 0.3) is 0 Å². The van der Waals surface area contributed by atoms with Crippen LogP contribution in [0.5, 0.6) is 0 Å². The van der Waals surface area contributed by atoms with E-state index in [1.165, 1.54) is 24.3 Å². The van der Waals surface area contributed by atoms with E-state index in [2.05, 4.69) is 0 Å². The molecule has 0 N–H and O–H groups in total. The molecule has 0 spiro atoms. The third-order valence-electron chi connectivity index (χ3n) is 4.99. The minimum Gasteiger partial charge on any atom is -0.465 e. The van der Waals surface area contributed by atoms with Crippen LogP contribution in [0.3, 0.4) is 0 Å². The lowest BCUT2D eigenvalue weighted by atomic mass is 9.99. The molecule has 0 heterocycles. The van der Waals surface area contributed by atoms with Crippen molar-refractivity contribution in [3.63, 3.8) is 0 Å². The van der Waals surface area contributed by atoms with Crippen molar-refractivity contribution >= 4 is 33.4 Å². The first-order valence-corrected chi connectivity index (χ1v) is 11.1. The summed E-state index contributed by atoms with van der Waals surface area (Å²) in [4.78, 5) is 25.9. The molecule has 0 aliphatic heterocycles. The Morgan fingerprint density at radius 3 is 1.93 bits per heavy atom. The van der Waals surface area contributed by atoms with Gasteiger partial charge in [-0.05, 0) is 43.7 Å². The smallest absolute Gasteiger partial charge is 0.325 e. The van der Waals surface area contributed by atoms with E-state index in [0.717, 1.165) is 0 Å². The van der Waals surface area contributed by atoms with Gasteiger partial charge in [0, 0.05) is 10.9 Å². The highest BCUT2D eigenvalue weighted by atomic mass is 35.5. The van der Waals surface area contributed by atoms with Gasteiger partial charge < -0.3 is 9.47 Å². The van der Waals surface area contributed by atoms with E-state index >= 15 is 0 Å². The molecule has 0 unspecified atom stereocenters. The van der Waals surface area contributed by atoms with Gasteiger partial charge in [0.25, 0.3) is 0 Å². The van der Waals surface area contributed by atoms with Gasteiger partial charge in [-0.2, -0.15) is 0 Å². The van der Waals surface area contributed by atoms with Gasteiger partial charge in [-0.3, -0.25) is 9.59 Å². The fourth-order valence-electron chi connectivity index (χ4n) is 3.72. The highest BCUT2D eigenvalue weighted by Crippen LogP contribution is 2.65. The minimum absolute atomic E-state index is 0.00914. The maximum Gasteiger partial charge on any atom is 0.325 e. The molecule has 2 aromatic carbocycles. The summed E-state index contributed by atoms with van der Waals surface area (Å²) in [6.45, 7) is 3.21. The first-order chi connectivity index (χ1) is 13.8. The first kappa shape index (κ1) is 21.3. The molecular weight excluding hydrogens is 416 g/mol. The second-order valence-electron chi connectivity index (χ2n) is 6.62. The summed E-state index contributed by atoms with van der Waals surface area (Å²) in [6, 6.07) is 14.2. The molecule has 0 bridgehead atoms. The van der Waals surface area contributed by atoms with Gasteiger partial charge in [-0.1, -0.05) is 41.9 Å². The summed E-state index contributed by atoms with van der Waals surface area (Å²) in [7, 11) is -4.07. The number of carbonyl (C=O) groups is 2. The Labute approximate surface area is 174 Å². The Bertz CT molecular complexity index is 983. The number of carbonyl (C=O) groups excluding carboxylic acids is 2. The van der Waals surface area contributed by atoms with Gasteiger partial charge in [-0.25, -0.2) is 8.42 Å². The van der Waals surface area contributed by atoms with Crippen molar-refractivity contribution in [3.05, 3.63) is 65.2 Å². The summed E-state index contributed by atoms with van der Waals surface area (Å²) in [5.74, 6) is -2.70. The van der Waals surface area contributed by atoms with E-state index < -0.39 is 38.4 Å². The van der Waals surface area contributed by atoms with Crippen molar-refractivity contribution in [2.45, 2.75) is 29.9 Å². The average Bonchev–Trinajstić information content (AvgIpc) is 3.42. The fraction of sp³-hybridized carbons (Fsp3) is 0.333. The lowest BCUT2D eigenvalue weighted by molar-refractivity contribution is -0.164. The quantitative estimate of drug-likeness (QED) is 0.488. The highest BCUT2D eigenvalue weighted by Gasteiger charge is 2.81. The van der Waals surface area contributed by atoms with E-state index in [1.807, 2.05) is 0 Å². The van der Waals surface area contributed by atoms with Crippen molar-refractivity contribution in [2.75, 3.05) is 13.2 Å². The van der Waals surface area contributed by atoms with Crippen molar-refractivity contribution in [1.82, 2.24) is 0 Å². The van der Waals surface area contributed by atoms with Crippen LogP contribution in [0, 0.1) is 5.41 Å². The van der Waals surface area contributed by atoms with Crippen molar-refractivity contribution < 1.29 is 27.5 Å². The van der Waals surface area contributed by atoms with E-state index in [-0.39, 0.29) is 18.1 Å². The summed E-state index contributed by atoms with van der Waals surface area (Å²) in [6.07, 6.45) is 0. The normalized spacial score (nSPS) is 20.0. The van der Waals surface area contributed by atoms with E-state index in [4.69, 9.17) is 21.1 Å². The van der Waals surface area contributed by atoms with E-state index in [0.29, 0.717) is 10.6 Å². The second-order valence-corrected chi connectivity index (χ2v) is 9.12. The highest BCUT2D eigenvalue weighted by molar-refractivity contribution is 7.92. The molecule has 1 saturated carbocycles. The average molecular weight is 437 g/mol. The largest absolute Gasteiger partial charge is 0.465 e. The molecule has 2 aromatic rings. The molecule has 8 heteroatoms. The molecule has 0 radical (unpaired) electrons. The van der Waals surface area contributed by atoms with Gasteiger partial charge in [0.15, 0.2) is 15.3 Å². The molecule has 0 aromatic heterocycles.